The van der Waals surface area contributed by atoms with Gasteiger partial charge in [0.05, 0.1) is 28.4 Å². The number of aromatic nitrogens is 1. The maximum atomic E-state index is 14.1. The Hall–Kier alpha value is -4.49. The summed E-state index contributed by atoms with van der Waals surface area (Å²) in [4.78, 5) is 30.0. The van der Waals surface area contributed by atoms with Crippen LogP contribution < -0.4 is 24.7 Å². The first-order chi connectivity index (χ1) is 18.1. The van der Waals surface area contributed by atoms with Crippen LogP contribution in [-0.2, 0) is 4.79 Å². The van der Waals surface area contributed by atoms with E-state index >= 15 is 0 Å². The molecule has 0 fully saturated rings. The second-order valence-corrected chi connectivity index (χ2v) is 9.75. The number of fused-ring (bicyclic) bond motifs is 1. The minimum absolute atomic E-state index is 0.157. The number of thiazole rings is 1. The van der Waals surface area contributed by atoms with E-state index in [1.54, 1.807) is 4.57 Å². The van der Waals surface area contributed by atoms with Gasteiger partial charge in [-0.05, 0) is 55.8 Å². The van der Waals surface area contributed by atoms with E-state index in [9.17, 15) is 9.59 Å². The lowest BCUT2D eigenvalue weighted by Crippen LogP contribution is -2.36. The summed E-state index contributed by atoms with van der Waals surface area (Å²) in [5.74, 6) is -0.247. The van der Waals surface area contributed by atoms with Crippen LogP contribution in [0.25, 0.3) is 23.0 Å². The van der Waals surface area contributed by atoms with Gasteiger partial charge in [0.15, 0.2) is 0 Å². The van der Waals surface area contributed by atoms with Gasteiger partial charge in [-0.3, -0.25) is 14.2 Å². The predicted molar refractivity (Wildman–Crippen MR) is 152 cm³/mol. The van der Waals surface area contributed by atoms with Crippen LogP contribution in [0.15, 0.2) is 101 Å². The number of hydrogen-bond acceptors (Lipinski definition) is 5. The molecule has 0 saturated carbocycles. The van der Waals surface area contributed by atoms with Gasteiger partial charge < -0.3 is 4.90 Å². The number of anilines is 2. The van der Waals surface area contributed by atoms with Crippen molar-refractivity contribution >= 4 is 51.7 Å². The van der Waals surface area contributed by atoms with Gasteiger partial charge in [0.25, 0.3) is 11.5 Å². The number of carbonyl (C=O) groups is 1. The van der Waals surface area contributed by atoms with Crippen LogP contribution in [-0.4, -0.2) is 22.7 Å². The summed E-state index contributed by atoms with van der Waals surface area (Å²) in [6, 6.07) is 27.0. The zero-order chi connectivity index (χ0) is 25.5. The molecule has 6 nitrogen and oxygen atoms in total. The van der Waals surface area contributed by atoms with Crippen LogP contribution in [0.3, 0.4) is 0 Å². The molecule has 0 N–H and O–H groups in total. The lowest BCUT2D eigenvalue weighted by atomic mass is 10.1. The summed E-state index contributed by atoms with van der Waals surface area (Å²) in [6.07, 6.45) is 4.04. The molecule has 1 aromatic heterocycles. The van der Waals surface area contributed by atoms with Gasteiger partial charge >= 0.3 is 0 Å². The van der Waals surface area contributed by atoms with Crippen LogP contribution in [0.1, 0.15) is 19.4 Å². The molecule has 1 amide bonds. The van der Waals surface area contributed by atoms with E-state index in [2.05, 4.69) is 29.1 Å². The fraction of sp³-hybridized carbons (Fsp3) is 0.100. The van der Waals surface area contributed by atoms with Crippen molar-refractivity contribution in [2.45, 2.75) is 13.8 Å². The predicted octanol–water partition coefficient (Wildman–Crippen LogP) is 4.13. The number of nitrogens with zero attached hydrogens (tertiary/aromatic N) is 4. The fourth-order valence-electron chi connectivity index (χ4n) is 4.81. The summed E-state index contributed by atoms with van der Waals surface area (Å²) in [7, 11) is 0. The lowest BCUT2D eigenvalue weighted by molar-refractivity contribution is -0.112. The summed E-state index contributed by atoms with van der Waals surface area (Å²) in [5, 5.41) is 5.98. The SMILES string of the molecule is CCN1/C(=c2/s/c(=C3/C(=O)N(c4ccccc4)N=C3C)n(-c3ccccc3)c2=O)C=Cc2ccccc21. The normalized spacial score (nSPS) is 17.8. The van der Waals surface area contributed by atoms with Gasteiger partial charge in [0.2, 0.25) is 0 Å². The van der Waals surface area contributed by atoms with Crippen LogP contribution in [0.5, 0.6) is 0 Å². The molecule has 3 heterocycles. The average molecular weight is 505 g/mol. The Morgan fingerprint density at radius 2 is 1.46 bits per heavy atom. The minimum atomic E-state index is -0.247. The molecule has 2 aliphatic rings. The lowest BCUT2D eigenvalue weighted by Gasteiger charge is -2.28. The molecule has 0 radical (unpaired) electrons. The van der Waals surface area contributed by atoms with Crippen LogP contribution in [0, 0.1) is 0 Å². The zero-order valence-corrected chi connectivity index (χ0v) is 21.3. The van der Waals surface area contributed by atoms with Gasteiger partial charge in [-0.2, -0.15) is 10.1 Å². The fourth-order valence-corrected chi connectivity index (χ4v) is 6.09. The topological polar surface area (TPSA) is 57.9 Å². The van der Waals surface area contributed by atoms with E-state index in [0.29, 0.717) is 38.4 Å². The molecule has 3 aromatic carbocycles. The van der Waals surface area contributed by atoms with E-state index in [1.165, 1.54) is 16.3 Å². The molecule has 0 bridgehead atoms. The molecule has 0 unspecified atom stereocenters. The van der Waals surface area contributed by atoms with E-state index in [1.807, 2.05) is 91.9 Å². The van der Waals surface area contributed by atoms with Gasteiger partial charge in [0, 0.05) is 12.2 Å². The second-order valence-electron chi connectivity index (χ2n) is 8.75. The molecule has 182 valence electrons. The number of amides is 1. The first-order valence-electron chi connectivity index (χ1n) is 12.1. The highest BCUT2D eigenvalue weighted by Crippen LogP contribution is 2.30. The van der Waals surface area contributed by atoms with Gasteiger partial charge in [0.1, 0.15) is 9.20 Å². The molecule has 0 aliphatic carbocycles. The number of hydrogen-bond donors (Lipinski definition) is 0. The van der Waals surface area contributed by atoms with Crippen LogP contribution in [0.2, 0.25) is 0 Å². The van der Waals surface area contributed by atoms with Crippen molar-refractivity contribution in [1.29, 1.82) is 0 Å². The maximum Gasteiger partial charge on any atom is 0.283 e. The highest BCUT2D eigenvalue weighted by atomic mass is 32.1. The van der Waals surface area contributed by atoms with Crippen molar-refractivity contribution in [2.75, 3.05) is 16.5 Å². The molecular weight excluding hydrogens is 480 g/mol. The Morgan fingerprint density at radius 1 is 0.811 bits per heavy atom. The average Bonchev–Trinajstić information content (AvgIpc) is 3.43. The van der Waals surface area contributed by atoms with E-state index in [4.69, 9.17) is 0 Å². The van der Waals surface area contributed by atoms with Crippen molar-refractivity contribution in [3.8, 4) is 5.69 Å². The third kappa shape index (κ3) is 3.75. The Bertz CT molecular complexity index is 1770. The summed E-state index contributed by atoms with van der Waals surface area (Å²) in [5.41, 5.74) is 5.24. The first-order valence-corrected chi connectivity index (χ1v) is 13.0. The number of benzene rings is 3. The first kappa shape index (κ1) is 22.9. The van der Waals surface area contributed by atoms with E-state index < -0.39 is 0 Å². The number of rotatable bonds is 3. The summed E-state index contributed by atoms with van der Waals surface area (Å²) < 4.78 is 2.81. The van der Waals surface area contributed by atoms with E-state index in [-0.39, 0.29) is 11.5 Å². The third-order valence-corrected chi connectivity index (χ3v) is 7.70. The zero-order valence-electron chi connectivity index (χ0n) is 20.5. The number of carbonyl (C=O) groups excluding carboxylic acids is 1. The molecule has 4 aromatic rings. The van der Waals surface area contributed by atoms with Crippen molar-refractivity contribution in [3.05, 3.63) is 116 Å². The highest BCUT2D eigenvalue weighted by Gasteiger charge is 2.32. The van der Waals surface area contributed by atoms with E-state index in [0.717, 1.165) is 16.9 Å². The monoisotopic (exact) mass is 504 g/mol. The Labute approximate surface area is 218 Å². The minimum Gasteiger partial charge on any atom is -0.340 e. The summed E-state index contributed by atoms with van der Waals surface area (Å²) >= 11 is 1.34. The highest BCUT2D eigenvalue weighted by molar-refractivity contribution is 7.08. The van der Waals surface area contributed by atoms with Crippen molar-refractivity contribution < 1.29 is 4.79 Å². The van der Waals surface area contributed by atoms with Crippen molar-refractivity contribution in [2.24, 2.45) is 5.10 Å². The number of likely N-dealkylation sites (N-methyl/N-ethyl adjacent to an activating group) is 1. The molecular formula is C30H24N4O2S. The number of para-hydroxylation sites is 3. The number of hydrazone groups is 1. The molecule has 37 heavy (non-hydrogen) atoms. The van der Waals surface area contributed by atoms with Gasteiger partial charge in [-0.25, -0.2) is 0 Å². The quantitative estimate of drug-likeness (QED) is 0.422. The molecule has 0 saturated heterocycles. The molecule has 0 spiro atoms. The Kier molecular flexibility index (Phi) is 5.70. The van der Waals surface area contributed by atoms with Crippen molar-refractivity contribution in [1.82, 2.24) is 4.57 Å². The van der Waals surface area contributed by atoms with Crippen LogP contribution in [0.4, 0.5) is 11.4 Å². The van der Waals surface area contributed by atoms with Crippen LogP contribution >= 0.6 is 11.3 Å². The third-order valence-electron chi connectivity index (χ3n) is 6.53. The Balaban J connectivity index is 1.66. The van der Waals surface area contributed by atoms with Gasteiger partial charge in [-0.1, -0.05) is 60.7 Å². The summed E-state index contributed by atoms with van der Waals surface area (Å²) in [6.45, 7) is 4.59. The van der Waals surface area contributed by atoms with Gasteiger partial charge in [-0.15, -0.1) is 11.3 Å². The molecule has 6 rings (SSSR count). The maximum absolute atomic E-state index is 14.1. The second kappa shape index (κ2) is 9.19. The standard InChI is InChI=1S/C30H24N4O2S/c1-3-32-24-17-11-10-12-21(24)18-19-25(32)27-29(36)33(22-13-6-4-7-14-22)30(37-27)26-20(2)31-34(28(26)35)23-15-8-5-9-16-23/h4-19H,3H2,1-2H3/b27-25+,30-26+. The molecule has 0 atom stereocenters. The van der Waals surface area contributed by atoms with Crippen molar-refractivity contribution in [3.63, 3.8) is 0 Å². The smallest absolute Gasteiger partial charge is 0.283 e. The largest absolute Gasteiger partial charge is 0.340 e. The molecule has 2 aliphatic heterocycles. The molecule has 7 heteroatoms. The Morgan fingerprint density at radius 3 is 2.16 bits per heavy atom.